The van der Waals surface area contributed by atoms with E-state index in [0.717, 1.165) is 11.1 Å². The van der Waals surface area contributed by atoms with Crippen LogP contribution in [0.15, 0.2) is 115 Å². The van der Waals surface area contributed by atoms with Crippen molar-refractivity contribution in [3.63, 3.8) is 0 Å². The number of carbonyl (C=O) groups is 3. The number of aliphatic hydroxyl groups excluding tert-OH is 1. The Hall–Kier alpha value is -5.05. The van der Waals surface area contributed by atoms with Gasteiger partial charge >= 0.3 is 0 Å². The first-order valence-corrected chi connectivity index (χ1v) is 15.1. The molecule has 0 fully saturated rings. The molecular weight excluding hydrogens is 566 g/mol. The van der Waals surface area contributed by atoms with Crippen LogP contribution in [0.1, 0.15) is 30.0 Å². The number of anilines is 4. The Morgan fingerprint density at radius 3 is 2.31 bits per heavy atom. The van der Waals surface area contributed by atoms with Crippen molar-refractivity contribution in [2.24, 2.45) is 5.92 Å². The van der Waals surface area contributed by atoms with Gasteiger partial charge in [-0.15, -0.1) is 0 Å². The molecule has 0 bridgehead atoms. The van der Waals surface area contributed by atoms with Crippen LogP contribution in [0.2, 0.25) is 0 Å². The van der Waals surface area contributed by atoms with Crippen LogP contribution in [0.4, 0.5) is 22.7 Å². The highest BCUT2D eigenvalue weighted by Gasteiger charge is 2.53. The Bertz CT molecular complexity index is 1740. The van der Waals surface area contributed by atoms with E-state index in [-0.39, 0.29) is 25.0 Å². The first kappa shape index (κ1) is 30.0. The zero-order valence-electron chi connectivity index (χ0n) is 25.0. The number of hydrogen-bond donors (Lipinski definition) is 2. The molecule has 2 aliphatic heterocycles. The summed E-state index contributed by atoms with van der Waals surface area (Å²) in [5, 5.41) is 22.3. The molecule has 0 aromatic heterocycles. The minimum absolute atomic E-state index is 0.0511. The normalized spacial score (nSPS) is 19.7. The smallest absolute Gasteiger partial charge is 0.268 e. The molecule has 2 aliphatic rings. The topological polar surface area (TPSA) is 101 Å². The molecule has 0 radical (unpaired) electrons. The number of fused-ring (bicyclic) bond motifs is 2. The van der Waals surface area contributed by atoms with Gasteiger partial charge in [0.1, 0.15) is 0 Å². The molecule has 228 valence electrons. The molecule has 45 heavy (non-hydrogen) atoms. The average Bonchev–Trinajstić information content (AvgIpc) is 3.31. The van der Waals surface area contributed by atoms with Crippen molar-refractivity contribution in [3.05, 3.63) is 132 Å². The summed E-state index contributed by atoms with van der Waals surface area (Å²) < 4.78 is 0. The van der Waals surface area contributed by atoms with Crippen LogP contribution in [0.3, 0.4) is 0 Å². The lowest BCUT2D eigenvalue weighted by Crippen LogP contribution is -2.46. The number of nitrogens with zero attached hydrogens (tertiary/aromatic N) is 3. The van der Waals surface area contributed by atoms with Gasteiger partial charge in [-0.25, -0.2) is 0 Å². The zero-order valence-corrected chi connectivity index (χ0v) is 25.0. The van der Waals surface area contributed by atoms with Crippen molar-refractivity contribution in [3.8, 4) is 0 Å². The van der Waals surface area contributed by atoms with Crippen LogP contribution in [-0.2, 0) is 33.0 Å². The summed E-state index contributed by atoms with van der Waals surface area (Å²) in [6, 6.07) is 31.0. The number of hydrogen-bond acceptors (Lipinski definition) is 5. The Kier molecular flexibility index (Phi) is 8.34. The first-order valence-electron chi connectivity index (χ1n) is 15.1. The first-order chi connectivity index (χ1) is 21.9. The van der Waals surface area contributed by atoms with Gasteiger partial charge in [-0.3, -0.25) is 24.2 Å². The van der Waals surface area contributed by atoms with E-state index in [1.54, 1.807) is 66.4 Å². The van der Waals surface area contributed by atoms with Crippen molar-refractivity contribution >= 4 is 41.0 Å². The lowest BCUT2D eigenvalue weighted by atomic mass is 9.82. The SMILES string of the molecule is C[C@H](/C=C/CC(=O)N1Cc2ccccc2C[C@H]1CO)[C@@]1(O)C(=O)N(c2ccccc2)c2ccc(N(C=O)c3ccccc3)cc21. The van der Waals surface area contributed by atoms with Crippen LogP contribution in [0.25, 0.3) is 0 Å². The maximum atomic E-state index is 14.1. The molecule has 3 amide bonds. The van der Waals surface area contributed by atoms with Gasteiger partial charge in [0.05, 0.1) is 18.3 Å². The van der Waals surface area contributed by atoms with Crippen LogP contribution in [0.5, 0.6) is 0 Å². The van der Waals surface area contributed by atoms with Gasteiger partial charge in [0.15, 0.2) is 5.60 Å². The summed E-state index contributed by atoms with van der Waals surface area (Å²) in [6.07, 6.45) is 4.72. The third kappa shape index (κ3) is 5.43. The van der Waals surface area contributed by atoms with Gasteiger partial charge in [-0.2, -0.15) is 0 Å². The van der Waals surface area contributed by atoms with Gasteiger partial charge in [0.2, 0.25) is 12.3 Å². The minimum Gasteiger partial charge on any atom is -0.394 e. The second-order valence-electron chi connectivity index (χ2n) is 11.5. The molecule has 0 aliphatic carbocycles. The Balaban J connectivity index is 1.30. The van der Waals surface area contributed by atoms with Gasteiger partial charge < -0.3 is 15.1 Å². The third-order valence-electron chi connectivity index (χ3n) is 8.86. The summed E-state index contributed by atoms with van der Waals surface area (Å²) in [6.45, 7) is 2.03. The highest BCUT2D eigenvalue weighted by Crippen LogP contribution is 2.49. The molecular formula is C37H35N3O5. The second-order valence-corrected chi connectivity index (χ2v) is 11.5. The largest absolute Gasteiger partial charge is 0.394 e. The third-order valence-corrected chi connectivity index (χ3v) is 8.86. The predicted octanol–water partition coefficient (Wildman–Crippen LogP) is 5.38. The Morgan fingerprint density at radius 2 is 1.62 bits per heavy atom. The molecule has 0 unspecified atom stereocenters. The number of amides is 3. The molecule has 0 spiro atoms. The fraction of sp³-hybridized carbons (Fsp3) is 0.216. The molecule has 0 saturated heterocycles. The van der Waals surface area contributed by atoms with Crippen LogP contribution in [-0.4, -0.2) is 46.0 Å². The summed E-state index contributed by atoms with van der Waals surface area (Å²) in [4.78, 5) is 44.4. The monoisotopic (exact) mass is 601 g/mol. The highest BCUT2D eigenvalue weighted by molar-refractivity contribution is 6.12. The molecule has 2 heterocycles. The molecule has 0 saturated carbocycles. The summed E-state index contributed by atoms with van der Waals surface area (Å²) in [7, 11) is 0. The fourth-order valence-corrected chi connectivity index (χ4v) is 6.37. The van der Waals surface area contributed by atoms with E-state index in [2.05, 4.69) is 0 Å². The number of aliphatic hydroxyl groups is 2. The lowest BCUT2D eigenvalue weighted by Gasteiger charge is -2.36. The van der Waals surface area contributed by atoms with E-state index >= 15 is 0 Å². The van der Waals surface area contributed by atoms with E-state index in [9.17, 15) is 24.6 Å². The number of benzene rings is 4. The summed E-state index contributed by atoms with van der Waals surface area (Å²) in [5.74, 6) is -1.39. The van der Waals surface area contributed by atoms with Crippen LogP contribution >= 0.6 is 0 Å². The van der Waals surface area contributed by atoms with Crippen molar-refractivity contribution < 1.29 is 24.6 Å². The lowest BCUT2D eigenvalue weighted by molar-refractivity contribution is -0.138. The van der Waals surface area contributed by atoms with Gasteiger partial charge in [-0.1, -0.05) is 79.7 Å². The molecule has 4 aromatic carbocycles. The predicted molar refractivity (Wildman–Crippen MR) is 173 cm³/mol. The number of rotatable bonds is 9. The Morgan fingerprint density at radius 1 is 0.956 bits per heavy atom. The van der Waals surface area contributed by atoms with E-state index in [0.29, 0.717) is 47.7 Å². The van der Waals surface area contributed by atoms with Gasteiger partial charge in [0, 0.05) is 41.5 Å². The zero-order chi connectivity index (χ0) is 31.6. The molecule has 6 rings (SSSR count). The summed E-state index contributed by atoms with van der Waals surface area (Å²) >= 11 is 0. The highest BCUT2D eigenvalue weighted by atomic mass is 16.3. The standard InChI is InChI=1S/C37H35N3O5/c1-26(11-10-18-35(43)38-23-28-13-9-8-12-27(28)21-32(38)24-41)37(45)33-22-31(39(25-42)29-14-4-2-5-15-29)19-20-34(33)40(36(37)44)30-16-6-3-7-17-30/h2-17,19-20,22,25-26,32,41,45H,18,21,23-24H2,1H3/b11-10+/t26-,32+,37+/m1/s1. The van der Waals surface area contributed by atoms with E-state index < -0.39 is 17.4 Å². The average molecular weight is 602 g/mol. The van der Waals surface area contributed by atoms with Gasteiger partial charge in [0.25, 0.3) is 5.91 Å². The molecule has 2 N–H and O–H groups in total. The van der Waals surface area contributed by atoms with Crippen molar-refractivity contribution in [1.82, 2.24) is 4.90 Å². The number of para-hydroxylation sites is 2. The van der Waals surface area contributed by atoms with Gasteiger partial charge in [-0.05, 0) is 60.0 Å². The van der Waals surface area contributed by atoms with Crippen molar-refractivity contribution in [1.29, 1.82) is 0 Å². The van der Waals surface area contributed by atoms with Crippen molar-refractivity contribution in [2.75, 3.05) is 16.4 Å². The number of carbonyl (C=O) groups excluding carboxylic acids is 3. The maximum Gasteiger partial charge on any atom is 0.268 e. The summed E-state index contributed by atoms with van der Waals surface area (Å²) in [5.41, 5.74) is 2.87. The second kappa shape index (κ2) is 12.5. The fourth-order valence-electron chi connectivity index (χ4n) is 6.37. The van der Waals surface area contributed by atoms with E-state index in [1.165, 1.54) is 9.80 Å². The molecule has 8 nitrogen and oxygen atoms in total. The quantitative estimate of drug-likeness (QED) is 0.198. The molecule has 3 atom stereocenters. The molecule has 4 aromatic rings. The van der Waals surface area contributed by atoms with Crippen LogP contribution < -0.4 is 9.80 Å². The Labute approximate surface area is 262 Å². The molecule has 8 heteroatoms. The minimum atomic E-state index is -1.97. The van der Waals surface area contributed by atoms with E-state index in [4.69, 9.17) is 0 Å². The van der Waals surface area contributed by atoms with Crippen molar-refractivity contribution in [2.45, 2.75) is 38.0 Å². The maximum absolute atomic E-state index is 14.1. The van der Waals surface area contributed by atoms with E-state index in [1.807, 2.05) is 60.7 Å². The van der Waals surface area contributed by atoms with Crippen LogP contribution in [0, 0.1) is 5.92 Å².